The molecule has 152 valence electrons. The van der Waals surface area contributed by atoms with Gasteiger partial charge in [-0.2, -0.15) is 5.26 Å². The van der Waals surface area contributed by atoms with E-state index in [0.29, 0.717) is 21.7 Å². The van der Waals surface area contributed by atoms with E-state index < -0.39 is 0 Å². The summed E-state index contributed by atoms with van der Waals surface area (Å²) in [5.74, 6) is -0.113. The second-order valence-corrected chi connectivity index (χ2v) is 9.42. The average Bonchev–Trinajstić information content (AvgIpc) is 3.10. The molecule has 0 saturated heterocycles. The van der Waals surface area contributed by atoms with Gasteiger partial charge in [-0.05, 0) is 39.2 Å². The van der Waals surface area contributed by atoms with Gasteiger partial charge in [0.15, 0.2) is 0 Å². The summed E-state index contributed by atoms with van der Waals surface area (Å²) in [5.41, 5.74) is 2.09. The molecule has 0 aliphatic heterocycles. The number of thioether (sulfide) groups is 1. The lowest BCUT2D eigenvalue weighted by Crippen LogP contribution is -2.13. The molecule has 1 heterocycles. The number of benzene rings is 2. The summed E-state index contributed by atoms with van der Waals surface area (Å²) >= 11 is 2.81. The van der Waals surface area contributed by atoms with E-state index in [9.17, 15) is 10.1 Å². The predicted octanol–water partition coefficient (Wildman–Crippen LogP) is 6.50. The standard InChI is InChI=1S/C24H23N3OS2/c1-24(2,3)27-23(29-4)21-18(15-25)19(26-17-13-9-6-10-14-17)22(30-21)20(28)16-11-7-5-8-12-16/h5-14,26H,1-4H3. The van der Waals surface area contributed by atoms with E-state index in [0.717, 1.165) is 15.6 Å². The Morgan fingerprint density at radius 2 is 1.63 bits per heavy atom. The van der Waals surface area contributed by atoms with Crippen molar-refractivity contribution in [2.75, 3.05) is 11.6 Å². The minimum atomic E-state index is -0.300. The lowest BCUT2D eigenvalue weighted by molar-refractivity contribution is 0.104. The number of ketones is 1. The number of nitrogens with one attached hydrogen (secondary N) is 1. The number of thiophene rings is 1. The van der Waals surface area contributed by atoms with Gasteiger partial charge in [-0.1, -0.05) is 48.5 Å². The van der Waals surface area contributed by atoms with Crippen LogP contribution in [0.5, 0.6) is 0 Å². The van der Waals surface area contributed by atoms with Gasteiger partial charge in [-0.25, -0.2) is 0 Å². The summed E-state index contributed by atoms with van der Waals surface area (Å²) in [6.07, 6.45) is 1.94. The molecule has 3 rings (SSSR count). The lowest BCUT2D eigenvalue weighted by atomic mass is 10.1. The van der Waals surface area contributed by atoms with E-state index in [1.165, 1.54) is 23.1 Å². The van der Waals surface area contributed by atoms with E-state index in [2.05, 4.69) is 11.4 Å². The second kappa shape index (κ2) is 9.29. The molecule has 0 amide bonds. The monoisotopic (exact) mass is 433 g/mol. The molecule has 1 aromatic heterocycles. The quantitative estimate of drug-likeness (QED) is 0.283. The highest BCUT2D eigenvalue weighted by atomic mass is 32.2. The van der Waals surface area contributed by atoms with Crippen LogP contribution < -0.4 is 5.32 Å². The second-order valence-electron chi connectivity index (χ2n) is 7.60. The molecule has 4 nitrogen and oxygen atoms in total. The Hall–Kier alpha value is -2.88. The SMILES string of the molecule is CSC(=NC(C)(C)C)c1sc(C(=O)c2ccccc2)c(Nc2ccccc2)c1C#N. The minimum Gasteiger partial charge on any atom is -0.353 e. The van der Waals surface area contributed by atoms with Gasteiger partial charge in [0.25, 0.3) is 0 Å². The first-order chi connectivity index (χ1) is 14.3. The van der Waals surface area contributed by atoms with Crippen molar-refractivity contribution >= 4 is 45.3 Å². The van der Waals surface area contributed by atoms with Gasteiger partial charge in [-0.3, -0.25) is 9.79 Å². The highest BCUT2D eigenvalue weighted by molar-refractivity contribution is 8.14. The molecule has 0 aliphatic carbocycles. The summed E-state index contributed by atoms with van der Waals surface area (Å²) < 4.78 is 0. The number of anilines is 2. The number of carbonyl (C=O) groups excluding carboxylic acids is 1. The maximum Gasteiger partial charge on any atom is 0.205 e. The first-order valence-electron chi connectivity index (χ1n) is 9.47. The normalized spacial score (nSPS) is 11.8. The van der Waals surface area contributed by atoms with Gasteiger partial charge >= 0.3 is 0 Å². The molecule has 2 aromatic carbocycles. The third kappa shape index (κ3) is 4.99. The molecule has 0 spiro atoms. The van der Waals surface area contributed by atoms with Crippen LogP contribution in [0.3, 0.4) is 0 Å². The Labute approximate surface area is 185 Å². The van der Waals surface area contributed by atoms with Crippen molar-refractivity contribution < 1.29 is 4.79 Å². The summed E-state index contributed by atoms with van der Waals surface area (Å²) in [5, 5.41) is 14.1. The van der Waals surface area contributed by atoms with E-state index in [4.69, 9.17) is 4.99 Å². The largest absolute Gasteiger partial charge is 0.353 e. The molecule has 3 aromatic rings. The van der Waals surface area contributed by atoms with Gasteiger partial charge in [-0.15, -0.1) is 23.1 Å². The van der Waals surface area contributed by atoms with Gasteiger partial charge < -0.3 is 5.32 Å². The number of rotatable bonds is 5. The molecule has 6 heteroatoms. The first kappa shape index (κ1) is 21.8. The van der Waals surface area contributed by atoms with Crippen LogP contribution in [-0.4, -0.2) is 22.6 Å². The van der Waals surface area contributed by atoms with Crippen LogP contribution in [0.4, 0.5) is 11.4 Å². The first-order valence-corrected chi connectivity index (χ1v) is 11.5. The molecule has 0 aliphatic rings. The zero-order valence-electron chi connectivity index (χ0n) is 17.4. The van der Waals surface area contributed by atoms with Crippen molar-refractivity contribution in [3.05, 3.63) is 81.5 Å². The molecular formula is C24H23N3OS2. The van der Waals surface area contributed by atoms with E-state index >= 15 is 0 Å². The summed E-state index contributed by atoms with van der Waals surface area (Å²) in [6.45, 7) is 6.05. The molecule has 0 atom stereocenters. The molecule has 0 saturated carbocycles. The Morgan fingerprint density at radius 1 is 1.03 bits per heavy atom. The van der Waals surface area contributed by atoms with Crippen LogP contribution in [-0.2, 0) is 0 Å². The molecular weight excluding hydrogens is 410 g/mol. The molecule has 0 unspecified atom stereocenters. The van der Waals surface area contributed by atoms with Crippen molar-refractivity contribution in [1.82, 2.24) is 0 Å². The van der Waals surface area contributed by atoms with Crippen LogP contribution in [0, 0.1) is 11.3 Å². The topological polar surface area (TPSA) is 65.2 Å². The van der Waals surface area contributed by atoms with Crippen molar-refractivity contribution in [3.8, 4) is 6.07 Å². The van der Waals surface area contributed by atoms with Gasteiger partial charge in [0.1, 0.15) is 16.0 Å². The number of carbonyl (C=O) groups is 1. The number of hydrogen-bond donors (Lipinski definition) is 1. The van der Waals surface area contributed by atoms with Crippen molar-refractivity contribution in [1.29, 1.82) is 5.26 Å². The van der Waals surface area contributed by atoms with Crippen molar-refractivity contribution in [3.63, 3.8) is 0 Å². The molecule has 0 radical (unpaired) electrons. The number of nitrogens with zero attached hydrogens (tertiary/aromatic N) is 2. The molecule has 30 heavy (non-hydrogen) atoms. The van der Waals surface area contributed by atoms with Crippen LogP contribution >= 0.6 is 23.1 Å². The maximum atomic E-state index is 13.3. The Bertz CT molecular complexity index is 1110. The van der Waals surface area contributed by atoms with Crippen molar-refractivity contribution in [2.45, 2.75) is 26.3 Å². The molecule has 1 N–H and O–H groups in total. The number of para-hydroxylation sites is 1. The van der Waals surface area contributed by atoms with Gasteiger partial charge in [0.05, 0.1) is 21.7 Å². The van der Waals surface area contributed by atoms with E-state index in [1.807, 2.05) is 75.6 Å². The number of hydrogen-bond acceptors (Lipinski definition) is 6. The van der Waals surface area contributed by atoms with Gasteiger partial charge in [0.2, 0.25) is 5.78 Å². The maximum absolute atomic E-state index is 13.3. The van der Waals surface area contributed by atoms with Crippen LogP contribution in [0.2, 0.25) is 0 Å². The fourth-order valence-electron chi connectivity index (χ4n) is 2.85. The predicted molar refractivity (Wildman–Crippen MR) is 128 cm³/mol. The van der Waals surface area contributed by atoms with Crippen LogP contribution in [0.25, 0.3) is 0 Å². The molecule has 0 bridgehead atoms. The highest BCUT2D eigenvalue weighted by Gasteiger charge is 2.27. The smallest absolute Gasteiger partial charge is 0.205 e. The summed E-state index contributed by atoms with van der Waals surface area (Å²) in [6, 6.07) is 21.0. The highest BCUT2D eigenvalue weighted by Crippen LogP contribution is 2.39. The Morgan fingerprint density at radius 3 is 2.17 bits per heavy atom. The summed E-state index contributed by atoms with van der Waals surface area (Å²) in [4.78, 5) is 19.4. The number of nitriles is 1. The lowest BCUT2D eigenvalue weighted by Gasteiger charge is -2.14. The van der Waals surface area contributed by atoms with Crippen molar-refractivity contribution in [2.24, 2.45) is 4.99 Å². The summed E-state index contributed by atoms with van der Waals surface area (Å²) in [7, 11) is 0. The average molecular weight is 434 g/mol. The fourth-order valence-corrected chi connectivity index (χ4v) is 4.93. The van der Waals surface area contributed by atoms with Crippen LogP contribution in [0.15, 0.2) is 65.7 Å². The minimum absolute atomic E-state index is 0.113. The zero-order chi connectivity index (χ0) is 21.7. The fraction of sp³-hybridized carbons (Fsp3) is 0.208. The Balaban J connectivity index is 2.22. The van der Waals surface area contributed by atoms with Crippen LogP contribution in [0.1, 0.15) is 46.4 Å². The molecule has 0 fully saturated rings. The third-order valence-corrected chi connectivity index (χ3v) is 6.14. The van der Waals surface area contributed by atoms with E-state index in [-0.39, 0.29) is 11.3 Å². The van der Waals surface area contributed by atoms with Gasteiger partial charge in [0, 0.05) is 11.3 Å². The zero-order valence-corrected chi connectivity index (χ0v) is 19.0. The Kier molecular flexibility index (Phi) is 6.76. The van der Waals surface area contributed by atoms with E-state index in [1.54, 1.807) is 12.1 Å². The third-order valence-electron chi connectivity index (χ3n) is 4.13. The number of aliphatic imine (C=N–C) groups is 1.